The minimum absolute atomic E-state index is 0.237. The first-order chi connectivity index (χ1) is 7.24. The van der Waals surface area contributed by atoms with Crippen molar-refractivity contribution in [1.82, 2.24) is 5.32 Å². The first kappa shape index (κ1) is 15.6. The van der Waals surface area contributed by atoms with Gasteiger partial charge in [-0.3, -0.25) is 4.79 Å². The Balaban J connectivity index is 3.92. The fourth-order valence-corrected chi connectivity index (χ4v) is 1.58. The zero-order valence-electron chi connectivity index (χ0n) is 9.30. The highest BCUT2D eigenvalue weighted by Gasteiger charge is 2.29. The number of rotatable bonds is 6. The first-order valence-electron chi connectivity index (χ1n) is 4.94. The Labute approximate surface area is 97.3 Å². The van der Waals surface area contributed by atoms with Gasteiger partial charge in [0.2, 0.25) is 5.91 Å². The van der Waals surface area contributed by atoms with Gasteiger partial charge in [-0.25, -0.2) is 0 Å². The molecule has 1 atom stereocenters. The van der Waals surface area contributed by atoms with Gasteiger partial charge in [0.05, 0.1) is 5.75 Å². The number of hydrogen-bond donors (Lipinski definition) is 2. The normalized spacial score (nSPS) is 13.9. The number of halogens is 3. The highest BCUT2D eigenvalue weighted by atomic mass is 32.2. The molecule has 0 heterocycles. The lowest BCUT2D eigenvalue weighted by atomic mass is 10.0. The molecule has 0 aliphatic heterocycles. The van der Waals surface area contributed by atoms with Gasteiger partial charge >= 0.3 is 5.51 Å². The minimum atomic E-state index is -4.37. The molecule has 0 aromatic rings. The number of carbonyl (C=O) groups excluding carboxylic acids is 1. The number of hydrogen-bond acceptors (Lipinski definition) is 3. The van der Waals surface area contributed by atoms with Crippen LogP contribution in [0, 0.1) is 5.92 Å². The summed E-state index contributed by atoms with van der Waals surface area (Å²) < 4.78 is 35.4. The van der Waals surface area contributed by atoms with Crippen LogP contribution in [0.25, 0.3) is 0 Å². The molecule has 0 saturated carbocycles. The topological polar surface area (TPSA) is 55.1 Å². The van der Waals surface area contributed by atoms with Crippen molar-refractivity contribution in [1.29, 1.82) is 0 Å². The predicted octanol–water partition coefficient (Wildman–Crippen LogP) is 1.73. The van der Waals surface area contributed by atoms with Gasteiger partial charge < -0.3 is 11.1 Å². The highest BCUT2D eigenvalue weighted by Crippen LogP contribution is 2.29. The van der Waals surface area contributed by atoms with E-state index in [0.717, 1.165) is 0 Å². The van der Waals surface area contributed by atoms with E-state index >= 15 is 0 Å². The molecule has 16 heavy (non-hydrogen) atoms. The number of amides is 1. The van der Waals surface area contributed by atoms with Gasteiger partial charge in [-0.05, 0) is 24.1 Å². The Morgan fingerprint density at radius 1 is 1.44 bits per heavy atom. The molecule has 3 nitrogen and oxygen atoms in total. The average Bonchev–Trinajstić information content (AvgIpc) is 2.12. The molecule has 96 valence electrons. The summed E-state index contributed by atoms with van der Waals surface area (Å²) >= 11 is -0.340. The van der Waals surface area contributed by atoms with Crippen molar-refractivity contribution in [2.75, 3.05) is 12.3 Å². The van der Waals surface area contributed by atoms with Gasteiger partial charge in [0.25, 0.3) is 0 Å². The lowest BCUT2D eigenvalue weighted by molar-refractivity contribution is -0.119. The van der Waals surface area contributed by atoms with Crippen LogP contribution in [0.4, 0.5) is 13.2 Å². The molecule has 0 aliphatic carbocycles. The third kappa shape index (κ3) is 8.84. The average molecular weight is 258 g/mol. The Kier molecular flexibility index (Phi) is 6.82. The van der Waals surface area contributed by atoms with Gasteiger partial charge in [-0.2, -0.15) is 13.2 Å². The highest BCUT2D eigenvalue weighted by molar-refractivity contribution is 8.00. The van der Waals surface area contributed by atoms with Gasteiger partial charge in [0.1, 0.15) is 0 Å². The lowest BCUT2D eigenvalue weighted by Gasteiger charge is -2.18. The van der Waals surface area contributed by atoms with Gasteiger partial charge in [0.15, 0.2) is 0 Å². The van der Waals surface area contributed by atoms with E-state index in [9.17, 15) is 18.0 Å². The SMILES string of the molecule is CC(C)CC(CN)NC(=O)CSC(F)(F)F. The zero-order valence-corrected chi connectivity index (χ0v) is 10.1. The van der Waals surface area contributed by atoms with Crippen molar-refractivity contribution in [3.05, 3.63) is 0 Å². The smallest absolute Gasteiger partial charge is 0.351 e. The van der Waals surface area contributed by atoms with Crippen molar-refractivity contribution in [2.45, 2.75) is 31.8 Å². The number of nitrogens with one attached hydrogen (secondary N) is 1. The van der Waals surface area contributed by atoms with E-state index in [1.54, 1.807) is 0 Å². The first-order valence-corrected chi connectivity index (χ1v) is 5.93. The molecule has 7 heteroatoms. The van der Waals surface area contributed by atoms with E-state index in [2.05, 4.69) is 5.32 Å². The second kappa shape index (κ2) is 7.01. The lowest BCUT2D eigenvalue weighted by Crippen LogP contribution is -2.42. The monoisotopic (exact) mass is 258 g/mol. The second-order valence-corrected chi connectivity index (χ2v) is 4.90. The third-order valence-corrected chi connectivity index (χ3v) is 2.51. The molecular weight excluding hydrogens is 241 g/mol. The molecule has 1 amide bonds. The molecule has 1 unspecified atom stereocenters. The fourth-order valence-electron chi connectivity index (χ4n) is 1.20. The van der Waals surface area contributed by atoms with Crippen LogP contribution >= 0.6 is 11.8 Å². The zero-order chi connectivity index (χ0) is 12.8. The summed E-state index contributed by atoms with van der Waals surface area (Å²) in [5, 5.41) is 2.49. The molecule has 0 saturated heterocycles. The number of alkyl halides is 3. The summed E-state index contributed by atoms with van der Waals surface area (Å²) in [6.45, 7) is 4.15. The number of nitrogens with two attached hydrogens (primary N) is 1. The second-order valence-electron chi connectivity index (χ2n) is 3.86. The van der Waals surface area contributed by atoms with Crippen molar-refractivity contribution >= 4 is 17.7 Å². The van der Waals surface area contributed by atoms with Crippen LogP contribution < -0.4 is 11.1 Å². The summed E-state index contributed by atoms with van der Waals surface area (Å²) in [6, 6.07) is -0.249. The van der Waals surface area contributed by atoms with E-state index in [-0.39, 0.29) is 24.3 Å². The number of thioether (sulfide) groups is 1. The largest absolute Gasteiger partial charge is 0.442 e. The van der Waals surface area contributed by atoms with Crippen LogP contribution in [-0.2, 0) is 4.79 Å². The maximum atomic E-state index is 11.8. The maximum Gasteiger partial charge on any atom is 0.442 e. The van der Waals surface area contributed by atoms with Gasteiger partial charge in [0, 0.05) is 12.6 Å². The van der Waals surface area contributed by atoms with Crippen molar-refractivity contribution in [2.24, 2.45) is 11.7 Å². The van der Waals surface area contributed by atoms with E-state index in [1.165, 1.54) is 0 Å². The van der Waals surface area contributed by atoms with Crippen LogP contribution in [0.2, 0.25) is 0 Å². The van der Waals surface area contributed by atoms with Crippen molar-refractivity contribution in [3.63, 3.8) is 0 Å². The molecule has 0 fully saturated rings. The Hall–Kier alpha value is -0.430. The van der Waals surface area contributed by atoms with Crippen LogP contribution in [0.15, 0.2) is 0 Å². The standard InChI is InChI=1S/C9H17F3N2OS/c1-6(2)3-7(4-13)14-8(15)5-16-9(10,11)12/h6-7H,3-5,13H2,1-2H3,(H,14,15). The van der Waals surface area contributed by atoms with E-state index in [1.807, 2.05) is 13.8 Å². The molecule has 0 aromatic carbocycles. The Morgan fingerprint density at radius 2 is 2.00 bits per heavy atom. The van der Waals surface area contributed by atoms with Crippen LogP contribution in [0.1, 0.15) is 20.3 Å². The summed E-state index contributed by atoms with van der Waals surface area (Å²) in [5.74, 6) is -0.902. The predicted molar refractivity (Wildman–Crippen MR) is 59.0 cm³/mol. The van der Waals surface area contributed by atoms with Crippen molar-refractivity contribution in [3.8, 4) is 0 Å². The summed E-state index contributed by atoms with van der Waals surface area (Å²) in [4.78, 5) is 11.2. The van der Waals surface area contributed by atoms with Crippen LogP contribution in [-0.4, -0.2) is 29.8 Å². The molecule has 0 aromatic heterocycles. The summed E-state index contributed by atoms with van der Waals surface area (Å²) in [5.41, 5.74) is 1.04. The quantitative estimate of drug-likeness (QED) is 0.763. The third-order valence-electron chi connectivity index (χ3n) is 1.77. The molecule has 0 radical (unpaired) electrons. The molecule has 0 aliphatic rings. The van der Waals surface area contributed by atoms with E-state index in [4.69, 9.17) is 5.73 Å². The molecule has 0 rings (SSSR count). The fraction of sp³-hybridized carbons (Fsp3) is 0.889. The van der Waals surface area contributed by atoms with Crippen molar-refractivity contribution < 1.29 is 18.0 Å². The van der Waals surface area contributed by atoms with E-state index in [0.29, 0.717) is 12.3 Å². The van der Waals surface area contributed by atoms with Gasteiger partial charge in [-0.1, -0.05) is 13.8 Å². The Bertz CT molecular complexity index is 221. The summed E-state index contributed by atoms with van der Waals surface area (Å²) in [7, 11) is 0. The Morgan fingerprint density at radius 3 is 2.38 bits per heavy atom. The molecule has 0 bridgehead atoms. The minimum Gasteiger partial charge on any atom is -0.351 e. The summed E-state index contributed by atoms with van der Waals surface area (Å²) in [6.07, 6.45) is 0.666. The maximum absolute atomic E-state index is 11.8. The van der Waals surface area contributed by atoms with Crippen LogP contribution in [0.3, 0.4) is 0 Å². The van der Waals surface area contributed by atoms with E-state index < -0.39 is 17.2 Å². The molecule has 0 spiro atoms. The number of carbonyl (C=O) groups is 1. The van der Waals surface area contributed by atoms with Crippen LogP contribution in [0.5, 0.6) is 0 Å². The van der Waals surface area contributed by atoms with Gasteiger partial charge in [-0.15, -0.1) is 0 Å². The molecule has 3 N–H and O–H groups in total. The molecular formula is C9H17F3N2OS.